The van der Waals surface area contributed by atoms with Crippen molar-refractivity contribution in [3.63, 3.8) is 0 Å². The van der Waals surface area contributed by atoms with Crippen molar-refractivity contribution in [1.29, 1.82) is 0 Å². The number of halogens is 1. The molecule has 0 atom stereocenters. The Bertz CT molecular complexity index is 1050. The smallest absolute Gasteiger partial charge is 0.253 e. The predicted molar refractivity (Wildman–Crippen MR) is 102 cm³/mol. The molecule has 7 heteroatoms. The van der Waals surface area contributed by atoms with E-state index < -0.39 is 5.91 Å². The van der Waals surface area contributed by atoms with Gasteiger partial charge < -0.3 is 15.5 Å². The summed E-state index contributed by atoms with van der Waals surface area (Å²) in [6, 6.07) is 5.69. The molecule has 1 saturated carbocycles. The van der Waals surface area contributed by atoms with Crippen molar-refractivity contribution in [2.45, 2.75) is 39.2 Å². The Morgan fingerprint density at radius 2 is 2.04 bits per heavy atom. The first kappa shape index (κ1) is 16.8. The van der Waals surface area contributed by atoms with Gasteiger partial charge in [0.05, 0.1) is 16.0 Å². The van der Waals surface area contributed by atoms with E-state index in [9.17, 15) is 4.79 Å². The molecule has 26 heavy (non-hydrogen) atoms. The number of rotatable bonds is 4. The minimum absolute atomic E-state index is 0.0459. The Kier molecular flexibility index (Phi) is 3.70. The number of nitrogens with zero attached hydrogens (tertiary/aromatic N) is 2. The third-order valence-electron chi connectivity index (χ3n) is 4.76. The lowest BCUT2D eigenvalue weighted by Gasteiger charge is -2.14. The van der Waals surface area contributed by atoms with E-state index in [4.69, 9.17) is 21.8 Å². The molecule has 0 bridgehead atoms. The summed E-state index contributed by atoms with van der Waals surface area (Å²) in [6.45, 7) is 5.77. The molecule has 0 spiro atoms. The number of furan rings is 1. The van der Waals surface area contributed by atoms with Crippen LogP contribution in [0.15, 0.2) is 22.6 Å². The van der Waals surface area contributed by atoms with Crippen LogP contribution in [0.25, 0.3) is 22.5 Å². The van der Waals surface area contributed by atoms with E-state index in [-0.39, 0.29) is 5.54 Å². The van der Waals surface area contributed by atoms with Gasteiger partial charge in [0.25, 0.3) is 5.91 Å². The standard InChI is InChI=1S/C19H19ClN4O2/c1-9-4-5-11(12(20)8-9)16-22-17(24-19(3)6-7-19)14-13(15(21)25)10(2)26-18(14)23-16/h4-5,8H,6-7H2,1-3H3,(H2,21,25)(H,22,23,24). The zero-order chi connectivity index (χ0) is 18.6. The van der Waals surface area contributed by atoms with Gasteiger partial charge >= 0.3 is 0 Å². The number of aromatic nitrogens is 2. The van der Waals surface area contributed by atoms with Crippen LogP contribution in [-0.4, -0.2) is 21.4 Å². The van der Waals surface area contributed by atoms with E-state index in [1.165, 1.54) is 0 Å². The van der Waals surface area contributed by atoms with Crippen LogP contribution >= 0.6 is 11.6 Å². The fourth-order valence-corrected chi connectivity index (χ4v) is 3.34. The van der Waals surface area contributed by atoms with Gasteiger partial charge in [0, 0.05) is 11.1 Å². The van der Waals surface area contributed by atoms with Crippen LogP contribution in [0.3, 0.4) is 0 Å². The van der Waals surface area contributed by atoms with Gasteiger partial charge in [-0.2, -0.15) is 4.98 Å². The summed E-state index contributed by atoms with van der Waals surface area (Å²) >= 11 is 6.39. The number of carbonyl (C=O) groups excluding carboxylic acids is 1. The highest BCUT2D eigenvalue weighted by Gasteiger charge is 2.39. The van der Waals surface area contributed by atoms with Crippen molar-refractivity contribution in [3.05, 3.63) is 40.1 Å². The van der Waals surface area contributed by atoms with Crippen molar-refractivity contribution in [3.8, 4) is 11.4 Å². The van der Waals surface area contributed by atoms with Crippen LogP contribution in [0.4, 0.5) is 5.82 Å². The van der Waals surface area contributed by atoms with E-state index in [1.807, 2.05) is 25.1 Å². The van der Waals surface area contributed by atoms with Crippen molar-refractivity contribution in [2.24, 2.45) is 5.73 Å². The van der Waals surface area contributed by atoms with Gasteiger partial charge in [-0.25, -0.2) is 4.98 Å². The van der Waals surface area contributed by atoms with E-state index in [0.29, 0.717) is 44.7 Å². The topological polar surface area (TPSA) is 94.0 Å². The van der Waals surface area contributed by atoms with E-state index >= 15 is 0 Å². The number of hydrogen-bond donors (Lipinski definition) is 2. The van der Waals surface area contributed by atoms with Gasteiger partial charge in [0.2, 0.25) is 5.71 Å². The number of benzene rings is 1. The largest absolute Gasteiger partial charge is 0.442 e. The van der Waals surface area contributed by atoms with Gasteiger partial charge in [-0.15, -0.1) is 0 Å². The lowest BCUT2D eigenvalue weighted by molar-refractivity contribution is 0.1000. The highest BCUT2D eigenvalue weighted by molar-refractivity contribution is 6.33. The molecule has 2 aromatic heterocycles. The highest BCUT2D eigenvalue weighted by Crippen LogP contribution is 2.41. The van der Waals surface area contributed by atoms with Gasteiger partial charge in [0.15, 0.2) is 5.82 Å². The fraction of sp³-hybridized carbons (Fsp3) is 0.316. The first-order valence-corrected chi connectivity index (χ1v) is 8.81. The summed E-state index contributed by atoms with van der Waals surface area (Å²) in [5, 5.41) is 4.51. The molecule has 2 heterocycles. The van der Waals surface area contributed by atoms with Crippen LogP contribution in [0.2, 0.25) is 5.02 Å². The minimum atomic E-state index is -0.560. The van der Waals surface area contributed by atoms with E-state index in [0.717, 1.165) is 18.4 Å². The normalized spacial score (nSPS) is 15.2. The molecule has 1 fully saturated rings. The van der Waals surface area contributed by atoms with Crippen LogP contribution in [0, 0.1) is 13.8 Å². The Labute approximate surface area is 155 Å². The molecule has 1 aliphatic rings. The lowest BCUT2D eigenvalue weighted by atomic mass is 10.1. The number of nitrogens with two attached hydrogens (primary N) is 1. The number of nitrogens with one attached hydrogen (secondary N) is 1. The number of fused-ring (bicyclic) bond motifs is 1. The molecule has 0 radical (unpaired) electrons. The van der Waals surface area contributed by atoms with Gasteiger partial charge in [0.1, 0.15) is 11.6 Å². The maximum Gasteiger partial charge on any atom is 0.253 e. The van der Waals surface area contributed by atoms with Crippen LogP contribution < -0.4 is 11.1 Å². The molecular formula is C19H19ClN4O2. The third kappa shape index (κ3) is 2.80. The van der Waals surface area contributed by atoms with Crippen molar-refractivity contribution in [2.75, 3.05) is 5.32 Å². The Morgan fingerprint density at radius 1 is 1.31 bits per heavy atom. The Balaban J connectivity index is 1.97. The van der Waals surface area contributed by atoms with Crippen molar-refractivity contribution < 1.29 is 9.21 Å². The average molecular weight is 371 g/mol. The monoisotopic (exact) mass is 370 g/mol. The summed E-state index contributed by atoms with van der Waals surface area (Å²) in [7, 11) is 0. The van der Waals surface area contributed by atoms with Crippen molar-refractivity contribution in [1.82, 2.24) is 9.97 Å². The Morgan fingerprint density at radius 3 is 2.65 bits per heavy atom. The second-order valence-electron chi connectivity index (χ2n) is 7.14. The number of amides is 1. The quantitative estimate of drug-likeness (QED) is 0.716. The lowest BCUT2D eigenvalue weighted by Crippen LogP contribution is -2.19. The van der Waals surface area contributed by atoms with Crippen molar-refractivity contribution >= 4 is 34.4 Å². The number of anilines is 1. The maximum atomic E-state index is 11.9. The highest BCUT2D eigenvalue weighted by atomic mass is 35.5. The molecule has 0 unspecified atom stereocenters. The molecule has 0 saturated heterocycles. The SMILES string of the molecule is Cc1ccc(-c2nc(NC3(C)CC3)c3c(C(N)=O)c(C)oc3n2)c(Cl)c1. The van der Waals surface area contributed by atoms with Gasteiger partial charge in [-0.05, 0) is 51.3 Å². The van der Waals surface area contributed by atoms with E-state index in [2.05, 4.69) is 22.2 Å². The second kappa shape index (κ2) is 5.71. The zero-order valence-corrected chi connectivity index (χ0v) is 15.6. The molecule has 3 N–H and O–H groups in total. The van der Waals surface area contributed by atoms with Crippen LogP contribution in [0.1, 0.15) is 41.4 Å². The summed E-state index contributed by atoms with van der Waals surface area (Å²) in [5.41, 5.74) is 7.91. The molecular weight excluding hydrogens is 352 g/mol. The molecule has 0 aliphatic heterocycles. The Hall–Kier alpha value is -2.60. The summed E-state index contributed by atoms with van der Waals surface area (Å²) in [6.07, 6.45) is 2.06. The van der Waals surface area contributed by atoms with E-state index in [1.54, 1.807) is 6.92 Å². The van der Waals surface area contributed by atoms with Crippen LogP contribution in [-0.2, 0) is 0 Å². The predicted octanol–water partition coefficient (Wildman–Crippen LogP) is 4.22. The number of aryl methyl sites for hydroxylation is 2. The third-order valence-corrected chi connectivity index (χ3v) is 5.07. The summed E-state index contributed by atoms with van der Waals surface area (Å²) in [5.74, 6) is 0.860. The summed E-state index contributed by atoms with van der Waals surface area (Å²) < 4.78 is 5.73. The number of carbonyl (C=O) groups is 1. The fourth-order valence-electron chi connectivity index (χ4n) is 3.02. The molecule has 6 nitrogen and oxygen atoms in total. The average Bonchev–Trinajstić information content (AvgIpc) is 3.15. The first-order chi connectivity index (χ1) is 12.3. The molecule has 134 valence electrons. The van der Waals surface area contributed by atoms with Gasteiger partial charge in [-0.3, -0.25) is 4.79 Å². The number of hydrogen-bond acceptors (Lipinski definition) is 5. The van der Waals surface area contributed by atoms with Crippen LogP contribution in [0.5, 0.6) is 0 Å². The molecule has 1 amide bonds. The molecule has 4 rings (SSSR count). The molecule has 3 aromatic rings. The summed E-state index contributed by atoms with van der Waals surface area (Å²) in [4.78, 5) is 21.1. The zero-order valence-electron chi connectivity index (χ0n) is 14.8. The maximum absolute atomic E-state index is 11.9. The minimum Gasteiger partial charge on any atom is -0.442 e. The first-order valence-electron chi connectivity index (χ1n) is 8.43. The second-order valence-corrected chi connectivity index (χ2v) is 7.55. The van der Waals surface area contributed by atoms with Gasteiger partial charge in [-0.1, -0.05) is 17.7 Å². The molecule has 1 aliphatic carbocycles. The molecule has 1 aromatic carbocycles. The number of primary amides is 1.